The summed E-state index contributed by atoms with van der Waals surface area (Å²) >= 11 is 0. The molecular weight excluding hydrogens is 745 g/mol. The van der Waals surface area contributed by atoms with E-state index in [0.717, 1.165) is 73.1 Å². The molecule has 0 bridgehead atoms. The summed E-state index contributed by atoms with van der Waals surface area (Å²) in [6, 6.07) is 25.6. The quantitative estimate of drug-likeness (QED) is 0.0942. The van der Waals surface area contributed by atoms with Crippen molar-refractivity contribution in [2.45, 2.75) is 39.0 Å². The van der Waals surface area contributed by atoms with E-state index in [2.05, 4.69) is 31.3 Å². The molecule has 5 aromatic rings. The number of pyridine rings is 1. The summed E-state index contributed by atoms with van der Waals surface area (Å²) in [4.78, 5) is 20.4. The number of hydrogen-bond donors (Lipinski definition) is 3. The molecule has 0 atom stereocenters. The Morgan fingerprint density at radius 2 is 1.65 bits per heavy atom. The van der Waals surface area contributed by atoms with Gasteiger partial charge < -0.3 is 29.6 Å². The van der Waals surface area contributed by atoms with Crippen LogP contribution < -0.4 is 29.6 Å². The van der Waals surface area contributed by atoms with Gasteiger partial charge in [0.05, 0.1) is 55.8 Å². The highest BCUT2D eigenvalue weighted by molar-refractivity contribution is 7.92. The number of hydrogen-bond acceptors (Lipinski definition) is 10. The first-order valence-electron chi connectivity index (χ1n) is 18.7. The average molecular weight is 793 g/mol. The van der Waals surface area contributed by atoms with Crippen molar-refractivity contribution in [3.05, 3.63) is 107 Å². The second-order valence-electron chi connectivity index (χ2n) is 14.8. The van der Waals surface area contributed by atoms with Crippen molar-refractivity contribution >= 4 is 43.9 Å². The van der Waals surface area contributed by atoms with E-state index in [9.17, 15) is 18.5 Å². The van der Waals surface area contributed by atoms with Crippen molar-refractivity contribution in [2.24, 2.45) is 0 Å². The topological polar surface area (TPSA) is 164 Å². The number of morpholine rings is 1. The van der Waals surface area contributed by atoms with E-state index in [1.165, 1.54) is 7.11 Å². The second kappa shape index (κ2) is 17.9. The molecule has 1 aliphatic heterocycles. The summed E-state index contributed by atoms with van der Waals surface area (Å²) in [5.74, 6) is 1.90. The van der Waals surface area contributed by atoms with Crippen LogP contribution in [-0.2, 0) is 26.6 Å². The zero-order valence-electron chi connectivity index (χ0n) is 32.8. The third kappa shape index (κ3) is 10.9. The van der Waals surface area contributed by atoms with E-state index >= 15 is 0 Å². The Hall–Kier alpha value is -5.88. The highest BCUT2D eigenvalue weighted by Crippen LogP contribution is 2.40. The molecule has 1 fully saturated rings. The van der Waals surface area contributed by atoms with E-state index in [-0.39, 0.29) is 16.9 Å². The third-order valence-electron chi connectivity index (χ3n) is 9.38. The number of benzene rings is 4. The Kier molecular flexibility index (Phi) is 12.8. The summed E-state index contributed by atoms with van der Waals surface area (Å²) in [6.07, 6.45) is 4.09. The lowest BCUT2D eigenvalue weighted by Crippen LogP contribution is -2.37. The van der Waals surface area contributed by atoms with Crippen molar-refractivity contribution in [1.29, 1.82) is 5.26 Å². The van der Waals surface area contributed by atoms with Crippen molar-refractivity contribution in [2.75, 3.05) is 68.2 Å². The normalized spacial score (nSPS) is 13.4. The summed E-state index contributed by atoms with van der Waals surface area (Å²) in [6.45, 7) is 10.8. The summed E-state index contributed by atoms with van der Waals surface area (Å²) in [7, 11) is -2.23. The van der Waals surface area contributed by atoms with Crippen LogP contribution in [0.5, 0.6) is 23.0 Å². The predicted octanol–water partition coefficient (Wildman–Crippen LogP) is 7.91. The first-order chi connectivity index (χ1) is 27.3. The van der Waals surface area contributed by atoms with Gasteiger partial charge in [-0.15, -0.1) is 0 Å². The van der Waals surface area contributed by atoms with E-state index in [0.29, 0.717) is 47.2 Å². The van der Waals surface area contributed by atoms with Crippen molar-refractivity contribution in [3.63, 3.8) is 0 Å². The van der Waals surface area contributed by atoms with E-state index < -0.39 is 16.1 Å². The molecule has 0 spiro atoms. The molecule has 13 nitrogen and oxygen atoms in total. The first-order valence-corrected chi connectivity index (χ1v) is 20.6. The van der Waals surface area contributed by atoms with Crippen LogP contribution in [0.2, 0.25) is 0 Å². The number of amides is 2. The van der Waals surface area contributed by atoms with Crippen molar-refractivity contribution < 1.29 is 32.2 Å². The Labute approximate surface area is 334 Å². The predicted molar refractivity (Wildman–Crippen MR) is 222 cm³/mol. The molecule has 0 saturated carbocycles. The zero-order valence-corrected chi connectivity index (χ0v) is 33.7. The van der Waals surface area contributed by atoms with Gasteiger partial charge in [0, 0.05) is 54.8 Å². The smallest absolute Gasteiger partial charge is 0.323 e. The number of urea groups is 1. The number of rotatable bonds is 14. The lowest BCUT2D eigenvalue weighted by Gasteiger charge is -2.26. The van der Waals surface area contributed by atoms with Gasteiger partial charge in [0.1, 0.15) is 23.3 Å². The van der Waals surface area contributed by atoms with Gasteiger partial charge in [-0.2, -0.15) is 5.26 Å². The molecule has 1 aromatic heterocycles. The Morgan fingerprint density at radius 1 is 0.930 bits per heavy atom. The average Bonchev–Trinajstić information content (AvgIpc) is 3.17. The van der Waals surface area contributed by atoms with Gasteiger partial charge in [-0.05, 0) is 65.4 Å². The van der Waals surface area contributed by atoms with Gasteiger partial charge >= 0.3 is 6.03 Å². The number of nitriles is 1. The molecule has 2 heterocycles. The molecule has 1 aliphatic rings. The summed E-state index contributed by atoms with van der Waals surface area (Å²) in [5.41, 5.74) is 3.63. The van der Waals surface area contributed by atoms with Crippen LogP contribution in [0.15, 0.2) is 85.1 Å². The van der Waals surface area contributed by atoms with Crippen LogP contribution in [-0.4, -0.2) is 77.2 Å². The maximum Gasteiger partial charge on any atom is 0.323 e. The van der Waals surface area contributed by atoms with Gasteiger partial charge in [0.25, 0.3) is 0 Å². The van der Waals surface area contributed by atoms with Gasteiger partial charge in [-0.1, -0.05) is 51.1 Å². The molecule has 14 heteroatoms. The monoisotopic (exact) mass is 792 g/mol. The molecule has 298 valence electrons. The van der Waals surface area contributed by atoms with Gasteiger partial charge in [-0.3, -0.25) is 14.6 Å². The molecular formula is C43H48N6O7S. The molecule has 0 aliphatic carbocycles. The Balaban J connectivity index is 1.14. The van der Waals surface area contributed by atoms with Crippen molar-refractivity contribution in [1.82, 2.24) is 9.88 Å². The fraction of sp³-hybridized carbons (Fsp3) is 0.326. The molecule has 4 aromatic carbocycles. The van der Waals surface area contributed by atoms with Gasteiger partial charge in [0.2, 0.25) is 10.0 Å². The van der Waals surface area contributed by atoms with Gasteiger partial charge in [-0.25, -0.2) is 13.2 Å². The number of aromatic nitrogens is 1. The van der Waals surface area contributed by atoms with Crippen LogP contribution in [0.25, 0.3) is 10.8 Å². The highest BCUT2D eigenvalue weighted by atomic mass is 32.2. The maximum absolute atomic E-state index is 13.5. The van der Waals surface area contributed by atoms with Crippen LogP contribution in [0, 0.1) is 11.3 Å². The number of methoxy groups -OCH3 is 1. The van der Waals surface area contributed by atoms with E-state index in [1.54, 1.807) is 36.5 Å². The Bertz CT molecular complexity index is 2380. The minimum Gasteiger partial charge on any atom is -0.492 e. The highest BCUT2D eigenvalue weighted by Gasteiger charge is 2.23. The van der Waals surface area contributed by atoms with Crippen LogP contribution in [0.4, 0.5) is 21.9 Å². The van der Waals surface area contributed by atoms with Crippen LogP contribution >= 0.6 is 0 Å². The lowest BCUT2D eigenvalue weighted by atomic mass is 9.86. The van der Waals surface area contributed by atoms with Crippen molar-refractivity contribution in [3.8, 4) is 29.1 Å². The lowest BCUT2D eigenvalue weighted by molar-refractivity contribution is 0.0358. The first kappa shape index (κ1) is 40.8. The van der Waals surface area contributed by atoms with Gasteiger partial charge in [0.15, 0.2) is 5.75 Å². The summed E-state index contributed by atoms with van der Waals surface area (Å²) in [5, 5.41) is 17.1. The largest absolute Gasteiger partial charge is 0.492 e. The number of anilines is 3. The van der Waals surface area contributed by atoms with Crippen LogP contribution in [0.1, 0.15) is 49.6 Å². The standard InChI is InChI=1S/C43H48N6O7S/c1-43(2,3)31-25-37(41(53-4)38(26-31)48-57(5,51)52)47-42(50)46-36-12-14-40(35-10-7-6-9-34(35)36)56-33-15-16-45-32(27-33)24-29-11-13-39(30(23-29)28-44)55-20-8-17-49-18-21-54-22-19-49/h6-7,9-16,23,25-27,48H,8,17-22,24H2,1-5H3,(H2,46,47,50). The third-order valence-corrected chi connectivity index (χ3v) is 9.97. The fourth-order valence-electron chi connectivity index (χ4n) is 6.54. The molecule has 2 amide bonds. The van der Waals surface area contributed by atoms with E-state index in [1.807, 2.05) is 69.3 Å². The number of carbonyl (C=O) groups excluding carboxylic acids is 1. The maximum atomic E-state index is 13.5. The zero-order chi connectivity index (χ0) is 40.6. The van der Waals surface area contributed by atoms with Crippen LogP contribution in [0.3, 0.4) is 0 Å². The Morgan fingerprint density at radius 3 is 2.37 bits per heavy atom. The molecule has 3 N–H and O–H groups in total. The minimum atomic E-state index is -3.64. The molecule has 57 heavy (non-hydrogen) atoms. The fourth-order valence-corrected chi connectivity index (χ4v) is 7.09. The molecule has 1 saturated heterocycles. The number of fused-ring (bicyclic) bond motifs is 1. The van der Waals surface area contributed by atoms with E-state index in [4.69, 9.17) is 18.9 Å². The number of carbonyl (C=O) groups is 1. The SMILES string of the molecule is COc1c(NC(=O)Nc2ccc(Oc3ccnc(Cc4ccc(OCCCN5CCOCC5)c(C#N)c4)c3)c3ccccc23)cc(C(C)(C)C)cc1NS(C)(=O)=O. The minimum absolute atomic E-state index is 0.177. The number of ether oxygens (including phenoxy) is 4. The number of nitrogens with one attached hydrogen (secondary N) is 3. The number of sulfonamides is 1. The second-order valence-corrected chi connectivity index (χ2v) is 16.6. The summed E-state index contributed by atoms with van der Waals surface area (Å²) < 4.78 is 50.2. The molecule has 6 rings (SSSR count). The molecule has 0 radical (unpaired) electrons. The number of nitrogens with zero attached hydrogens (tertiary/aromatic N) is 3. The molecule has 0 unspecified atom stereocenters.